The average Bonchev–Trinajstić information content (AvgIpc) is 3.04. The molecule has 0 saturated carbocycles. The van der Waals surface area contributed by atoms with E-state index in [-0.39, 0.29) is 18.2 Å². The van der Waals surface area contributed by atoms with E-state index in [1.54, 1.807) is 10.8 Å². The summed E-state index contributed by atoms with van der Waals surface area (Å²) < 4.78 is 10.7. The van der Waals surface area contributed by atoms with Crippen molar-refractivity contribution in [3.63, 3.8) is 0 Å². The molecule has 1 amide bonds. The number of aromatic nitrogens is 1. The molecular weight excluding hydrogens is 340 g/mol. The summed E-state index contributed by atoms with van der Waals surface area (Å²) in [6.45, 7) is 1.90. The summed E-state index contributed by atoms with van der Waals surface area (Å²) in [5.74, 6) is 1.07. The monoisotopic (exact) mass is 360 g/mol. The molecule has 9 heteroatoms. The Balaban J connectivity index is 1.64. The molecule has 0 unspecified atom stereocenters. The van der Waals surface area contributed by atoms with Gasteiger partial charge in [-0.2, -0.15) is 0 Å². The zero-order valence-electron chi connectivity index (χ0n) is 12.7. The first-order chi connectivity index (χ1) is 11.2. The SMILES string of the molecule is O=C(O)CCSSCCNC(=O)c1coc(C2CCOCC2)n1. The molecule has 23 heavy (non-hydrogen) atoms. The van der Waals surface area contributed by atoms with Crippen LogP contribution in [0.3, 0.4) is 0 Å². The number of nitrogens with one attached hydrogen (secondary N) is 1. The molecule has 1 aromatic rings. The fraction of sp³-hybridized carbons (Fsp3) is 0.643. The molecule has 128 valence electrons. The topological polar surface area (TPSA) is 102 Å². The third kappa shape index (κ3) is 6.44. The highest BCUT2D eigenvalue weighted by Crippen LogP contribution is 2.26. The van der Waals surface area contributed by atoms with Crippen molar-refractivity contribution in [1.29, 1.82) is 0 Å². The number of carboxylic acid groups (broad SMARTS) is 1. The Kier molecular flexibility index (Phi) is 7.77. The number of carbonyl (C=O) groups is 2. The minimum Gasteiger partial charge on any atom is -0.481 e. The van der Waals surface area contributed by atoms with Crippen LogP contribution in [0.25, 0.3) is 0 Å². The summed E-state index contributed by atoms with van der Waals surface area (Å²) >= 11 is 0. The lowest BCUT2D eigenvalue weighted by Gasteiger charge is -2.18. The molecule has 0 atom stereocenters. The summed E-state index contributed by atoms with van der Waals surface area (Å²) in [4.78, 5) is 26.6. The Morgan fingerprint density at radius 3 is 2.78 bits per heavy atom. The molecule has 0 aromatic carbocycles. The third-order valence-electron chi connectivity index (χ3n) is 3.28. The van der Waals surface area contributed by atoms with Crippen molar-refractivity contribution in [3.05, 3.63) is 17.8 Å². The highest BCUT2D eigenvalue weighted by Gasteiger charge is 2.22. The minimum atomic E-state index is -0.794. The number of carbonyl (C=O) groups excluding carboxylic acids is 1. The standard InChI is InChI=1S/C14H20N2O5S2/c17-12(18)3-7-22-23-8-4-15-13(19)11-9-21-14(16-11)10-1-5-20-6-2-10/h9-10H,1-8H2,(H,15,19)(H,17,18). The van der Waals surface area contributed by atoms with E-state index in [1.807, 2.05) is 0 Å². The largest absolute Gasteiger partial charge is 0.481 e. The fourth-order valence-corrected chi connectivity index (χ4v) is 3.95. The number of hydrogen-bond acceptors (Lipinski definition) is 7. The molecule has 2 heterocycles. The van der Waals surface area contributed by atoms with E-state index in [4.69, 9.17) is 14.3 Å². The summed E-state index contributed by atoms with van der Waals surface area (Å²) in [6, 6.07) is 0. The maximum Gasteiger partial charge on any atom is 0.304 e. The summed E-state index contributed by atoms with van der Waals surface area (Å²) in [6.07, 6.45) is 3.28. The van der Waals surface area contributed by atoms with Gasteiger partial charge in [-0.25, -0.2) is 4.98 Å². The van der Waals surface area contributed by atoms with Crippen molar-refractivity contribution in [1.82, 2.24) is 10.3 Å². The van der Waals surface area contributed by atoms with Crippen molar-refractivity contribution >= 4 is 33.5 Å². The minimum absolute atomic E-state index is 0.151. The first-order valence-electron chi connectivity index (χ1n) is 7.44. The van der Waals surface area contributed by atoms with Gasteiger partial charge in [0, 0.05) is 37.2 Å². The van der Waals surface area contributed by atoms with Crippen molar-refractivity contribution in [2.75, 3.05) is 31.3 Å². The van der Waals surface area contributed by atoms with Gasteiger partial charge < -0.3 is 19.6 Å². The summed E-state index contributed by atoms with van der Waals surface area (Å²) in [5.41, 5.74) is 0.301. The first-order valence-corrected chi connectivity index (χ1v) is 9.93. The molecule has 1 fully saturated rings. The van der Waals surface area contributed by atoms with Crippen LogP contribution in [-0.2, 0) is 9.53 Å². The van der Waals surface area contributed by atoms with Gasteiger partial charge in [0.25, 0.3) is 5.91 Å². The van der Waals surface area contributed by atoms with E-state index >= 15 is 0 Å². The Morgan fingerprint density at radius 1 is 1.30 bits per heavy atom. The molecule has 0 aliphatic carbocycles. The molecule has 7 nitrogen and oxygen atoms in total. The van der Waals surface area contributed by atoms with Gasteiger partial charge in [-0.3, -0.25) is 9.59 Å². The van der Waals surface area contributed by atoms with Gasteiger partial charge in [0.2, 0.25) is 0 Å². The van der Waals surface area contributed by atoms with Crippen LogP contribution in [0.1, 0.15) is 41.6 Å². The fourth-order valence-electron chi connectivity index (χ4n) is 2.07. The lowest BCUT2D eigenvalue weighted by atomic mass is 10.0. The highest BCUT2D eigenvalue weighted by molar-refractivity contribution is 8.76. The lowest BCUT2D eigenvalue weighted by Crippen LogP contribution is -2.26. The van der Waals surface area contributed by atoms with E-state index in [2.05, 4.69) is 10.3 Å². The number of hydrogen-bond donors (Lipinski definition) is 2. The van der Waals surface area contributed by atoms with Crippen molar-refractivity contribution in [3.8, 4) is 0 Å². The van der Waals surface area contributed by atoms with Crippen LogP contribution in [-0.4, -0.2) is 53.2 Å². The predicted molar refractivity (Wildman–Crippen MR) is 88.8 cm³/mol. The Labute approximate surface area is 142 Å². The number of rotatable bonds is 9. The highest BCUT2D eigenvalue weighted by atomic mass is 33.1. The van der Waals surface area contributed by atoms with Crippen molar-refractivity contribution < 1.29 is 23.8 Å². The molecule has 0 radical (unpaired) electrons. The number of ether oxygens (including phenoxy) is 1. The van der Waals surface area contributed by atoms with E-state index in [1.165, 1.54) is 17.1 Å². The maximum atomic E-state index is 12.0. The van der Waals surface area contributed by atoms with Gasteiger partial charge in [0.15, 0.2) is 11.6 Å². The van der Waals surface area contributed by atoms with Gasteiger partial charge in [-0.05, 0) is 12.8 Å². The molecule has 2 N–H and O–H groups in total. The second-order valence-electron chi connectivity index (χ2n) is 5.00. The molecule has 0 spiro atoms. The molecule has 1 saturated heterocycles. The molecule has 1 aromatic heterocycles. The van der Waals surface area contributed by atoms with Crippen molar-refractivity contribution in [2.45, 2.75) is 25.2 Å². The van der Waals surface area contributed by atoms with Crippen LogP contribution >= 0.6 is 21.6 Å². The van der Waals surface area contributed by atoms with Crippen LogP contribution < -0.4 is 5.32 Å². The van der Waals surface area contributed by atoms with Crippen LogP contribution in [0.4, 0.5) is 0 Å². The smallest absolute Gasteiger partial charge is 0.304 e. The second-order valence-corrected chi connectivity index (χ2v) is 7.70. The molecule has 2 rings (SSSR count). The van der Waals surface area contributed by atoms with Crippen molar-refractivity contribution in [2.24, 2.45) is 0 Å². The molecule has 0 bridgehead atoms. The van der Waals surface area contributed by atoms with E-state index < -0.39 is 5.97 Å². The summed E-state index contributed by atoms with van der Waals surface area (Å²) in [7, 11) is 3.03. The van der Waals surface area contributed by atoms with Crippen LogP contribution in [0.5, 0.6) is 0 Å². The van der Waals surface area contributed by atoms with Gasteiger partial charge in [-0.15, -0.1) is 0 Å². The number of oxazole rings is 1. The normalized spacial score (nSPS) is 15.5. The van der Waals surface area contributed by atoms with E-state index in [9.17, 15) is 9.59 Å². The van der Waals surface area contributed by atoms with Crippen LogP contribution in [0.2, 0.25) is 0 Å². The lowest BCUT2D eigenvalue weighted by molar-refractivity contribution is -0.136. The van der Waals surface area contributed by atoms with E-state index in [0.717, 1.165) is 12.8 Å². The van der Waals surface area contributed by atoms with Gasteiger partial charge >= 0.3 is 5.97 Å². The third-order valence-corrected chi connectivity index (χ3v) is 5.69. The van der Waals surface area contributed by atoms with Crippen LogP contribution in [0, 0.1) is 0 Å². The number of carboxylic acids is 1. The van der Waals surface area contributed by atoms with Gasteiger partial charge in [-0.1, -0.05) is 21.6 Å². The zero-order chi connectivity index (χ0) is 16.5. The molecule has 1 aliphatic rings. The predicted octanol–water partition coefficient (Wildman–Crippen LogP) is 2.15. The Bertz CT molecular complexity index is 517. The van der Waals surface area contributed by atoms with E-state index in [0.29, 0.717) is 42.8 Å². The average molecular weight is 360 g/mol. The Hall–Kier alpha value is -1.19. The van der Waals surface area contributed by atoms with Gasteiger partial charge in [0.05, 0.1) is 6.42 Å². The van der Waals surface area contributed by atoms with Gasteiger partial charge in [0.1, 0.15) is 6.26 Å². The summed E-state index contributed by atoms with van der Waals surface area (Å²) in [5, 5.41) is 11.3. The number of amides is 1. The number of aliphatic carboxylic acids is 1. The maximum absolute atomic E-state index is 12.0. The molecule has 1 aliphatic heterocycles. The zero-order valence-corrected chi connectivity index (χ0v) is 14.3. The van der Waals surface area contributed by atoms with Crippen LogP contribution in [0.15, 0.2) is 10.7 Å². The quantitative estimate of drug-likeness (QED) is 0.510. The second kappa shape index (κ2) is 9.84. The molecular formula is C14H20N2O5S2. The Morgan fingerprint density at radius 2 is 2.04 bits per heavy atom. The first kappa shape index (κ1) is 18.2. The number of nitrogens with zero attached hydrogens (tertiary/aromatic N) is 1.